The molecule has 0 saturated carbocycles. The number of carbonyl (C=O) groups is 1. The van der Waals surface area contributed by atoms with E-state index in [-0.39, 0.29) is 18.4 Å². The zero-order valence-electron chi connectivity index (χ0n) is 14.6. The normalized spacial score (nSPS) is 21.4. The Balaban J connectivity index is 1.38. The number of ether oxygens (including phenoxy) is 2. The number of urea groups is 1. The molecule has 2 fully saturated rings. The summed E-state index contributed by atoms with van der Waals surface area (Å²) in [6.07, 6.45) is 2.59. The van der Waals surface area contributed by atoms with Crippen LogP contribution in [0.4, 0.5) is 4.79 Å². The summed E-state index contributed by atoms with van der Waals surface area (Å²) in [7, 11) is 0. The van der Waals surface area contributed by atoms with E-state index in [4.69, 9.17) is 13.9 Å². The molecule has 3 heterocycles. The highest BCUT2D eigenvalue weighted by Crippen LogP contribution is 2.24. The van der Waals surface area contributed by atoms with E-state index in [9.17, 15) is 9.59 Å². The highest BCUT2D eigenvalue weighted by atomic mass is 16.7. The Labute approximate surface area is 150 Å². The van der Waals surface area contributed by atoms with Crippen LogP contribution >= 0.6 is 0 Å². The molecule has 8 nitrogen and oxygen atoms in total. The van der Waals surface area contributed by atoms with E-state index in [0.29, 0.717) is 38.4 Å². The van der Waals surface area contributed by atoms with Gasteiger partial charge in [0.1, 0.15) is 0 Å². The third-order valence-corrected chi connectivity index (χ3v) is 4.96. The lowest BCUT2D eigenvalue weighted by Crippen LogP contribution is -2.53. The molecular formula is C18H23N3O5. The summed E-state index contributed by atoms with van der Waals surface area (Å²) in [4.78, 5) is 26.4. The molecule has 0 radical (unpaired) electrons. The molecule has 0 bridgehead atoms. The first kappa shape index (κ1) is 17.1. The van der Waals surface area contributed by atoms with Crippen molar-refractivity contribution in [3.05, 3.63) is 34.8 Å². The van der Waals surface area contributed by atoms with Gasteiger partial charge in [0.25, 0.3) is 0 Å². The second kappa shape index (κ2) is 7.51. The van der Waals surface area contributed by atoms with Crippen LogP contribution in [0.1, 0.15) is 19.3 Å². The molecular weight excluding hydrogens is 338 g/mol. The molecule has 2 aromatic rings. The van der Waals surface area contributed by atoms with Crippen molar-refractivity contribution in [1.82, 2.24) is 14.8 Å². The van der Waals surface area contributed by atoms with Crippen LogP contribution in [0, 0.1) is 0 Å². The van der Waals surface area contributed by atoms with Crippen molar-refractivity contribution in [2.24, 2.45) is 0 Å². The number of para-hydroxylation sites is 2. The minimum absolute atomic E-state index is 0.0521. The third-order valence-electron chi connectivity index (χ3n) is 4.96. The number of likely N-dealkylation sites (tertiary alicyclic amines) is 1. The Hall–Kier alpha value is -2.32. The van der Waals surface area contributed by atoms with Gasteiger partial charge in [-0.05, 0) is 31.4 Å². The largest absolute Gasteiger partial charge is 0.420 e. The summed E-state index contributed by atoms with van der Waals surface area (Å²) in [5, 5.41) is 2.91. The molecule has 1 aromatic heterocycles. The zero-order valence-corrected chi connectivity index (χ0v) is 14.6. The minimum Gasteiger partial charge on any atom is -0.408 e. The number of fused-ring (bicyclic) bond motifs is 1. The standard InChI is InChI=1S/C18H23N3O5/c22-17(20-9-4-3-6-14(20)16-24-11-12-25-16)19-8-10-21-13-5-1-2-7-15(13)26-18(21)23/h1-2,5,7,14,16H,3-4,6,8-12H2,(H,19,22)/t14-/m1/s1. The second-order valence-corrected chi connectivity index (χ2v) is 6.59. The van der Waals surface area contributed by atoms with Crippen LogP contribution in [0.5, 0.6) is 0 Å². The number of nitrogens with zero attached hydrogens (tertiary/aromatic N) is 2. The Morgan fingerprint density at radius 2 is 2.00 bits per heavy atom. The summed E-state index contributed by atoms with van der Waals surface area (Å²) < 4.78 is 17.9. The Morgan fingerprint density at radius 1 is 1.19 bits per heavy atom. The summed E-state index contributed by atoms with van der Waals surface area (Å²) in [5.74, 6) is -0.413. The highest BCUT2D eigenvalue weighted by Gasteiger charge is 2.36. The van der Waals surface area contributed by atoms with Crippen LogP contribution in [0.25, 0.3) is 11.1 Å². The molecule has 2 saturated heterocycles. The minimum atomic E-state index is -0.413. The molecule has 8 heteroatoms. The molecule has 1 atom stereocenters. The summed E-state index contributed by atoms with van der Waals surface area (Å²) >= 11 is 0. The SMILES string of the molecule is O=C(NCCn1c(=O)oc2ccccc21)N1CCCC[C@@H]1C1OCCO1. The van der Waals surface area contributed by atoms with Crippen LogP contribution in [0.2, 0.25) is 0 Å². The van der Waals surface area contributed by atoms with Gasteiger partial charge in [0, 0.05) is 19.6 Å². The van der Waals surface area contributed by atoms with Crippen molar-refractivity contribution in [3.63, 3.8) is 0 Å². The number of amides is 2. The number of aromatic nitrogens is 1. The van der Waals surface area contributed by atoms with Crippen LogP contribution in [-0.4, -0.2) is 54.1 Å². The lowest BCUT2D eigenvalue weighted by atomic mass is 10.0. The zero-order chi connectivity index (χ0) is 17.9. The number of oxazole rings is 1. The number of piperidine rings is 1. The Kier molecular flexibility index (Phi) is 4.94. The number of hydrogen-bond acceptors (Lipinski definition) is 5. The molecule has 4 rings (SSSR count). The first-order valence-corrected chi connectivity index (χ1v) is 9.10. The summed E-state index contributed by atoms with van der Waals surface area (Å²) in [6.45, 7) is 2.54. The van der Waals surface area contributed by atoms with Gasteiger partial charge < -0.3 is 24.1 Å². The number of carbonyl (C=O) groups excluding carboxylic acids is 1. The molecule has 1 N–H and O–H groups in total. The van der Waals surface area contributed by atoms with Gasteiger partial charge in [-0.25, -0.2) is 9.59 Å². The van der Waals surface area contributed by atoms with Crippen molar-refractivity contribution in [2.75, 3.05) is 26.3 Å². The predicted molar refractivity (Wildman–Crippen MR) is 93.9 cm³/mol. The Morgan fingerprint density at radius 3 is 2.85 bits per heavy atom. The van der Waals surface area contributed by atoms with Crippen LogP contribution < -0.4 is 11.1 Å². The van der Waals surface area contributed by atoms with E-state index in [1.807, 2.05) is 18.2 Å². The molecule has 0 unspecified atom stereocenters. The maximum atomic E-state index is 12.6. The van der Waals surface area contributed by atoms with Gasteiger partial charge in [0.2, 0.25) is 0 Å². The maximum absolute atomic E-state index is 12.6. The average molecular weight is 361 g/mol. The molecule has 2 amide bonds. The van der Waals surface area contributed by atoms with E-state index in [2.05, 4.69) is 5.32 Å². The summed E-state index contributed by atoms with van der Waals surface area (Å²) in [6, 6.07) is 7.06. The second-order valence-electron chi connectivity index (χ2n) is 6.59. The summed E-state index contributed by atoms with van der Waals surface area (Å²) in [5.41, 5.74) is 1.28. The fourth-order valence-electron chi connectivity index (χ4n) is 3.69. The van der Waals surface area contributed by atoms with E-state index in [0.717, 1.165) is 24.8 Å². The van der Waals surface area contributed by atoms with E-state index < -0.39 is 5.76 Å². The number of rotatable bonds is 4. The smallest absolute Gasteiger partial charge is 0.408 e. The van der Waals surface area contributed by atoms with Gasteiger partial charge >= 0.3 is 11.8 Å². The predicted octanol–water partition coefficient (Wildman–Crippen LogP) is 1.53. The molecule has 140 valence electrons. The molecule has 26 heavy (non-hydrogen) atoms. The molecule has 2 aliphatic rings. The van der Waals surface area contributed by atoms with Crippen molar-refractivity contribution in [1.29, 1.82) is 0 Å². The number of nitrogens with one attached hydrogen (secondary N) is 1. The molecule has 0 spiro atoms. The Bertz CT molecular complexity index is 824. The van der Waals surface area contributed by atoms with Crippen molar-refractivity contribution < 1.29 is 18.7 Å². The van der Waals surface area contributed by atoms with Gasteiger partial charge in [-0.15, -0.1) is 0 Å². The number of benzene rings is 1. The monoisotopic (exact) mass is 361 g/mol. The molecule has 1 aromatic carbocycles. The van der Waals surface area contributed by atoms with Crippen molar-refractivity contribution >= 4 is 17.1 Å². The van der Waals surface area contributed by atoms with Crippen molar-refractivity contribution in [2.45, 2.75) is 38.1 Å². The lowest BCUT2D eigenvalue weighted by Gasteiger charge is -2.37. The van der Waals surface area contributed by atoms with E-state index in [1.54, 1.807) is 11.0 Å². The van der Waals surface area contributed by atoms with Gasteiger partial charge in [-0.3, -0.25) is 4.57 Å². The van der Waals surface area contributed by atoms with Crippen LogP contribution in [0.15, 0.2) is 33.5 Å². The average Bonchev–Trinajstić information content (AvgIpc) is 3.30. The first-order valence-electron chi connectivity index (χ1n) is 9.10. The van der Waals surface area contributed by atoms with Gasteiger partial charge in [-0.1, -0.05) is 12.1 Å². The topological polar surface area (TPSA) is 85.9 Å². The van der Waals surface area contributed by atoms with Gasteiger partial charge in [0.15, 0.2) is 11.9 Å². The van der Waals surface area contributed by atoms with Crippen LogP contribution in [0.3, 0.4) is 0 Å². The van der Waals surface area contributed by atoms with E-state index in [1.165, 1.54) is 4.57 Å². The van der Waals surface area contributed by atoms with E-state index >= 15 is 0 Å². The quantitative estimate of drug-likeness (QED) is 0.893. The van der Waals surface area contributed by atoms with Gasteiger partial charge in [0.05, 0.1) is 24.8 Å². The molecule has 0 aliphatic carbocycles. The third kappa shape index (κ3) is 3.34. The fraction of sp³-hybridized carbons (Fsp3) is 0.556. The molecule has 2 aliphatic heterocycles. The maximum Gasteiger partial charge on any atom is 0.420 e. The number of hydrogen-bond donors (Lipinski definition) is 1. The highest BCUT2D eigenvalue weighted by molar-refractivity contribution is 5.75. The van der Waals surface area contributed by atoms with Crippen LogP contribution in [-0.2, 0) is 16.0 Å². The van der Waals surface area contributed by atoms with Gasteiger partial charge in [-0.2, -0.15) is 0 Å². The fourth-order valence-corrected chi connectivity index (χ4v) is 3.69. The lowest BCUT2D eigenvalue weighted by molar-refractivity contribution is -0.0983. The van der Waals surface area contributed by atoms with Crippen molar-refractivity contribution in [3.8, 4) is 0 Å². The first-order chi connectivity index (χ1) is 12.7.